The average molecular weight is 414 g/mol. The van der Waals surface area contributed by atoms with E-state index in [-0.39, 0.29) is 23.7 Å². The Bertz CT molecular complexity index is 1100. The van der Waals surface area contributed by atoms with Crippen LogP contribution in [0, 0.1) is 0 Å². The maximum atomic E-state index is 12.1. The molecule has 0 bridgehead atoms. The number of allylic oxidation sites excluding steroid dienone is 2. The van der Waals surface area contributed by atoms with Gasteiger partial charge < -0.3 is 14.6 Å². The molecule has 0 fully saturated rings. The first-order valence-electron chi connectivity index (χ1n) is 9.65. The number of aromatic hydroxyl groups is 1. The van der Waals surface area contributed by atoms with Gasteiger partial charge >= 0.3 is 0 Å². The Morgan fingerprint density at radius 2 is 1.39 bits per heavy atom. The second-order valence-corrected chi connectivity index (χ2v) is 6.69. The highest BCUT2D eigenvalue weighted by atomic mass is 16.5. The van der Waals surface area contributed by atoms with Gasteiger partial charge in [0.2, 0.25) is 0 Å². The first-order valence-corrected chi connectivity index (χ1v) is 9.65. The van der Waals surface area contributed by atoms with Crippen molar-refractivity contribution in [2.24, 2.45) is 0 Å². The molecular weight excluding hydrogens is 392 g/mol. The number of ether oxygens (including phenoxy) is 2. The normalized spacial score (nSPS) is 11.0. The van der Waals surface area contributed by atoms with E-state index in [1.54, 1.807) is 24.3 Å². The van der Waals surface area contributed by atoms with Crippen molar-refractivity contribution in [2.75, 3.05) is 7.11 Å². The Labute approximate surface area is 180 Å². The summed E-state index contributed by atoms with van der Waals surface area (Å²) in [5.74, 6) is 1.16. The third-order valence-corrected chi connectivity index (χ3v) is 4.33. The van der Waals surface area contributed by atoms with Crippen molar-refractivity contribution in [1.29, 1.82) is 0 Å². The molecule has 0 amide bonds. The third-order valence-electron chi connectivity index (χ3n) is 4.33. The van der Waals surface area contributed by atoms with E-state index in [1.165, 1.54) is 25.3 Å². The average Bonchev–Trinajstić information content (AvgIpc) is 2.78. The van der Waals surface area contributed by atoms with E-state index < -0.39 is 0 Å². The van der Waals surface area contributed by atoms with Gasteiger partial charge in [-0.05, 0) is 59.7 Å². The molecule has 0 heterocycles. The minimum Gasteiger partial charge on any atom is -0.504 e. The lowest BCUT2D eigenvalue weighted by Crippen LogP contribution is -2.01. The molecule has 3 rings (SSSR count). The number of ketones is 2. The highest BCUT2D eigenvalue weighted by Gasteiger charge is 2.05. The molecule has 0 unspecified atom stereocenters. The Morgan fingerprint density at radius 1 is 0.806 bits per heavy atom. The van der Waals surface area contributed by atoms with E-state index in [2.05, 4.69) is 0 Å². The summed E-state index contributed by atoms with van der Waals surface area (Å²) < 4.78 is 10.7. The van der Waals surface area contributed by atoms with Crippen molar-refractivity contribution in [1.82, 2.24) is 0 Å². The molecule has 0 aliphatic rings. The zero-order valence-electron chi connectivity index (χ0n) is 17.0. The lowest BCUT2D eigenvalue weighted by Gasteiger charge is -2.05. The molecular formula is C26H22O5. The van der Waals surface area contributed by atoms with Crippen LogP contribution < -0.4 is 9.47 Å². The number of hydrogen-bond donors (Lipinski definition) is 1. The van der Waals surface area contributed by atoms with Crippen molar-refractivity contribution in [3.8, 4) is 23.0 Å². The van der Waals surface area contributed by atoms with Crippen LogP contribution in [0.25, 0.3) is 12.2 Å². The van der Waals surface area contributed by atoms with E-state index in [9.17, 15) is 14.7 Å². The summed E-state index contributed by atoms with van der Waals surface area (Å²) in [7, 11) is 1.46. The van der Waals surface area contributed by atoms with Crippen molar-refractivity contribution < 1.29 is 24.2 Å². The molecule has 3 aromatic rings. The molecule has 31 heavy (non-hydrogen) atoms. The SMILES string of the molecule is COc1ccc(C=CC(=O)CC(=O)C=Cc2ccc(Oc3ccccc3)cc2)cc1O. The molecule has 3 aromatic carbocycles. The van der Waals surface area contributed by atoms with Crippen LogP contribution in [0.5, 0.6) is 23.0 Å². The number of carbonyl (C=O) groups is 2. The summed E-state index contributed by atoms with van der Waals surface area (Å²) in [5, 5.41) is 9.76. The molecule has 156 valence electrons. The van der Waals surface area contributed by atoms with Gasteiger partial charge in [0.05, 0.1) is 13.5 Å². The number of phenols is 1. The molecule has 0 saturated heterocycles. The van der Waals surface area contributed by atoms with Gasteiger partial charge in [0.1, 0.15) is 11.5 Å². The van der Waals surface area contributed by atoms with Crippen LogP contribution >= 0.6 is 0 Å². The Balaban J connectivity index is 1.51. The molecule has 0 aliphatic carbocycles. The molecule has 5 nitrogen and oxygen atoms in total. The van der Waals surface area contributed by atoms with Gasteiger partial charge in [-0.25, -0.2) is 0 Å². The molecule has 0 spiro atoms. The summed E-state index contributed by atoms with van der Waals surface area (Å²) >= 11 is 0. The van der Waals surface area contributed by atoms with E-state index >= 15 is 0 Å². The van der Waals surface area contributed by atoms with Crippen LogP contribution in [0.4, 0.5) is 0 Å². The van der Waals surface area contributed by atoms with E-state index in [0.29, 0.717) is 17.1 Å². The molecule has 1 N–H and O–H groups in total. The van der Waals surface area contributed by atoms with Gasteiger partial charge in [0.25, 0.3) is 0 Å². The zero-order valence-corrected chi connectivity index (χ0v) is 17.0. The lowest BCUT2D eigenvalue weighted by atomic mass is 10.1. The smallest absolute Gasteiger partial charge is 0.163 e. The van der Waals surface area contributed by atoms with Crippen LogP contribution in [0.15, 0.2) is 84.9 Å². The van der Waals surface area contributed by atoms with Crippen molar-refractivity contribution in [3.05, 3.63) is 96.1 Å². The van der Waals surface area contributed by atoms with Gasteiger partial charge in [-0.3, -0.25) is 9.59 Å². The number of methoxy groups -OCH3 is 1. The molecule has 5 heteroatoms. The van der Waals surface area contributed by atoms with E-state index in [4.69, 9.17) is 9.47 Å². The standard InChI is InChI=1S/C26H22O5/c1-30-26-16-11-20(17-25(26)29)8-13-22(28)18-21(27)12-7-19-9-14-24(15-10-19)31-23-5-3-2-4-6-23/h2-17,29H,18H2,1H3. The zero-order chi connectivity index (χ0) is 22.1. The predicted molar refractivity (Wildman–Crippen MR) is 120 cm³/mol. The number of benzene rings is 3. The van der Waals surface area contributed by atoms with Crippen LogP contribution in [0.3, 0.4) is 0 Å². The van der Waals surface area contributed by atoms with Gasteiger partial charge in [-0.1, -0.05) is 48.6 Å². The van der Waals surface area contributed by atoms with Gasteiger partial charge in [0.15, 0.2) is 23.1 Å². The van der Waals surface area contributed by atoms with Crippen LogP contribution in [-0.4, -0.2) is 23.8 Å². The summed E-state index contributed by atoms with van der Waals surface area (Å²) in [6, 6.07) is 21.5. The van der Waals surface area contributed by atoms with Crippen LogP contribution in [-0.2, 0) is 9.59 Å². The summed E-state index contributed by atoms with van der Waals surface area (Å²) in [4.78, 5) is 24.1. The number of hydrogen-bond acceptors (Lipinski definition) is 5. The monoisotopic (exact) mass is 414 g/mol. The number of carbonyl (C=O) groups excluding carboxylic acids is 2. The highest BCUT2D eigenvalue weighted by Crippen LogP contribution is 2.26. The fraction of sp³-hybridized carbons (Fsp3) is 0.0769. The molecule has 0 saturated carbocycles. The summed E-state index contributed by atoms with van der Waals surface area (Å²) in [6.07, 6.45) is 5.68. The van der Waals surface area contributed by atoms with Gasteiger partial charge in [0, 0.05) is 0 Å². The minimum absolute atomic E-state index is 0.0173. The van der Waals surface area contributed by atoms with Gasteiger partial charge in [-0.2, -0.15) is 0 Å². The van der Waals surface area contributed by atoms with Crippen molar-refractivity contribution in [2.45, 2.75) is 6.42 Å². The number of rotatable bonds is 9. The highest BCUT2D eigenvalue weighted by molar-refractivity contribution is 6.10. The first kappa shape index (κ1) is 21.6. The topological polar surface area (TPSA) is 72.8 Å². The number of para-hydroxylation sites is 1. The third kappa shape index (κ3) is 6.72. The first-order chi connectivity index (χ1) is 15.0. The molecule has 0 aromatic heterocycles. The fourth-order valence-corrected chi connectivity index (χ4v) is 2.75. The second-order valence-electron chi connectivity index (χ2n) is 6.69. The van der Waals surface area contributed by atoms with Crippen molar-refractivity contribution in [3.63, 3.8) is 0 Å². The Kier molecular flexibility index (Phi) is 7.38. The Hall–Kier alpha value is -4.12. The summed E-state index contributed by atoms with van der Waals surface area (Å²) in [6.45, 7) is 0. The maximum Gasteiger partial charge on any atom is 0.163 e. The lowest BCUT2D eigenvalue weighted by molar-refractivity contribution is -0.121. The largest absolute Gasteiger partial charge is 0.504 e. The predicted octanol–water partition coefficient (Wildman–Crippen LogP) is 5.45. The van der Waals surface area contributed by atoms with Crippen molar-refractivity contribution >= 4 is 23.7 Å². The van der Waals surface area contributed by atoms with Crippen LogP contribution in [0.2, 0.25) is 0 Å². The molecule has 0 aliphatic heterocycles. The quantitative estimate of drug-likeness (QED) is 0.372. The van der Waals surface area contributed by atoms with Gasteiger partial charge in [-0.15, -0.1) is 0 Å². The maximum absolute atomic E-state index is 12.1. The second kappa shape index (κ2) is 10.6. The molecule has 0 atom stereocenters. The summed E-state index contributed by atoms with van der Waals surface area (Å²) in [5.41, 5.74) is 1.46. The molecule has 0 radical (unpaired) electrons. The minimum atomic E-state index is -0.323. The fourth-order valence-electron chi connectivity index (χ4n) is 2.75. The number of phenolic OH excluding ortho intramolecular Hbond substituents is 1. The Morgan fingerprint density at radius 3 is 2.00 bits per heavy atom. The van der Waals surface area contributed by atoms with E-state index in [0.717, 1.165) is 11.3 Å². The van der Waals surface area contributed by atoms with Crippen LogP contribution in [0.1, 0.15) is 17.5 Å². The van der Waals surface area contributed by atoms with E-state index in [1.807, 2.05) is 54.6 Å².